The van der Waals surface area contributed by atoms with Gasteiger partial charge in [0.25, 0.3) is 5.91 Å². The molecule has 0 spiro atoms. The first-order valence-corrected chi connectivity index (χ1v) is 15.5. The molecule has 2 aromatic carbocycles. The monoisotopic (exact) mass is 633 g/mol. The number of fused-ring (bicyclic) bond motifs is 1. The third-order valence-electron chi connectivity index (χ3n) is 8.69. The van der Waals surface area contributed by atoms with Gasteiger partial charge in [-0.3, -0.25) is 14.0 Å². The van der Waals surface area contributed by atoms with E-state index in [0.717, 1.165) is 5.56 Å². The highest BCUT2D eigenvalue weighted by atomic mass is 19.2. The molecular formula is C33H37F2N7O4. The predicted octanol–water partition coefficient (Wildman–Crippen LogP) is 3.77. The number of aromatic nitrogens is 3. The Morgan fingerprint density at radius 3 is 2.63 bits per heavy atom. The molecule has 2 fully saturated rings. The fraction of sp³-hybridized carbons (Fsp3) is 0.394. The minimum absolute atomic E-state index is 0.00490. The zero-order valence-corrected chi connectivity index (χ0v) is 25.8. The molecule has 2 aliphatic heterocycles. The van der Waals surface area contributed by atoms with Gasteiger partial charge in [0.05, 0.1) is 25.1 Å². The summed E-state index contributed by atoms with van der Waals surface area (Å²) in [5, 5.41) is 15.9. The Balaban J connectivity index is 1.13. The molecule has 1 atom stereocenters. The molecule has 11 nitrogen and oxygen atoms in total. The summed E-state index contributed by atoms with van der Waals surface area (Å²) in [4.78, 5) is 39.0. The Morgan fingerprint density at radius 2 is 1.89 bits per heavy atom. The minimum Gasteiger partial charge on any atom is -0.491 e. The number of halogens is 2. The number of carbonyl (C=O) groups excluding carboxylic acids is 2. The van der Waals surface area contributed by atoms with E-state index in [4.69, 9.17) is 4.74 Å². The number of anilines is 2. The van der Waals surface area contributed by atoms with Crippen molar-refractivity contribution in [2.45, 2.75) is 32.7 Å². The number of rotatable bonds is 8. The molecule has 2 aromatic heterocycles. The summed E-state index contributed by atoms with van der Waals surface area (Å²) in [6.45, 7) is 6.56. The summed E-state index contributed by atoms with van der Waals surface area (Å²) >= 11 is 0. The number of aliphatic hydroxyl groups is 1. The van der Waals surface area contributed by atoms with E-state index in [1.165, 1.54) is 24.5 Å². The van der Waals surface area contributed by atoms with Crippen molar-refractivity contribution >= 4 is 29.0 Å². The lowest BCUT2D eigenvalue weighted by Crippen LogP contribution is -2.56. The minimum atomic E-state index is -1.06. The Morgan fingerprint density at radius 1 is 1.09 bits per heavy atom. The molecule has 46 heavy (non-hydrogen) atoms. The van der Waals surface area contributed by atoms with Crippen LogP contribution in [0.4, 0.5) is 20.3 Å². The lowest BCUT2D eigenvalue weighted by molar-refractivity contribution is -0.138. The van der Waals surface area contributed by atoms with Crippen molar-refractivity contribution < 1.29 is 28.2 Å². The molecule has 13 heteroatoms. The standard InChI is InChI=1S/C33H37F2N7O4/c1-3-46-27-7-6-25(28(34)29(27)35)26-17-38-31-30(37-11-15-42(26)31)39-22-4-5-24(20(2)16-22)33(45)40-12-8-21(9-13-40)32(44)41-14-10-36-23(18-41)19-43/h4-7,11,15-17,21,23,36,43H,3,8-10,12-14,18-19H2,1-2H3,(H,37,39). The van der Waals surface area contributed by atoms with E-state index in [2.05, 4.69) is 20.6 Å². The average molecular weight is 634 g/mol. The first-order valence-electron chi connectivity index (χ1n) is 15.5. The van der Waals surface area contributed by atoms with Crippen LogP contribution in [0.5, 0.6) is 5.75 Å². The maximum atomic E-state index is 15.0. The zero-order chi connectivity index (χ0) is 32.4. The van der Waals surface area contributed by atoms with Crippen LogP contribution >= 0.6 is 0 Å². The van der Waals surface area contributed by atoms with Gasteiger partial charge in [-0.05, 0) is 62.6 Å². The molecule has 4 heterocycles. The number of nitrogens with one attached hydrogen (secondary N) is 2. The van der Waals surface area contributed by atoms with Gasteiger partial charge >= 0.3 is 0 Å². The van der Waals surface area contributed by atoms with E-state index < -0.39 is 11.6 Å². The van der Waals surface area contributed by atoms with Crippen LogP contribution < -0.4 is 15.4 Å². The van der Waals surface area contributed by atoms with Crippen molar-refractivity contribution in [1.82, 2.24) is 29.5 Å². The second kappa shape index (κ2) is 13.4. The first-order chi connectivity index (χ1) is 22.3. The molecule has 242 valence electrons. The van der Waals surface area contributed by atoms with Gasteiger partial charge in [0.1, 0.15) is 0 Å². The Labute approximate surface area is 265 Å². The molecule has 2 saturated heterocycles. The molecule has 2 aliphatic rings. The highest BCUT2D eigenvalue weighted by Crippen LogP contribution is 2.32. The number of amides is 2. The summed E-state index contributed by atoms with van der Waals surface area (Å²) in [6, 6.07) is 8.16. The smallest absolute Gasteiger partial charge is 0.254 e. The molecule has 1 unspecified atom stereocenters. The zero-order valence-electron chi connectivity index (χ0n) is 25.8. The summed E-state index contributed by atoms with van der Waals surface area (Å²) in [5.74, 6) is -1.94. The Bertz CT molecular complexity index is 1760. The maximum absolute atomic E-state index is 15.0. The largest absolute Gasteiger partial charge is 0.491 e. The number of aryl methyl sites for hydroxylation is 1. The summed E-state index contributed by atoms with van der Waals surface area (Å²) in [6.07, 6.45) is 5.82. The third kappa shape index (κ3) is 6.12. The van der Waals surface area contributed by atoms with Crippen molar-refractivity contribution in [1.29, 1.82) is 0 Å². The molecule has 6 rings (SSSR count). The fourth-order valence-electron chi connectivity index (χ4n) is 6.23. The van der Waals surface area contributed by atoms with Gasteiger partial charge in [-0.15, -0.1) is 0 Å². The van der Waals surface area contributed by atoms with Crippen LogP contribution in [0, 0.1) is 24.5 Å². The fourth-order valence-corrected chi connectivity index (χ4v) is 6.23. The Kier molecular flexibility index (Phi) is 9.13. The average Bonchev–Trinajstić information content (AvgIpc) is 3.51. The van der Waals surface area contributed by atoms with E-state index in [9.17, 15) is 23.5 Å². The van der Waals surface area contributed by atoms with E-state index in [0.29, 0.717) is 74.0 Å². The highest BCUT2D eigenvalue weighted by molar-refractivity contribution is 5.96. The number of piperidine rings is 1. The number of likely N-dealkylation sites (tertiary alicyclic amines) is 1. The number of hydrogen-bond acceptors (Lipinski definition) is 8. The van der Waals surface area contributed by atoms with Crippen LogP contribution in [0.15, 0.2) is 48.9 Å². The molecular weight excluding hydrogens is 596 g/mol. The van der Waals surface area contributed by atoms with Gasteiger partial charge in [0.2, 0.25) is 11.7 Å². The van der Waals surface area contributed by atoms with E-state index >= 15 is 0 Å². The van der Waals surface area contributed by atoms with Gasteiger partial charge in [0.15, 0.2) is 23.0 Å². The first kappa shape index (κ1) is 31.4. The molecule has 0 saturated carbocycles. The highest BCUT2D eigenvalue weighted by Gasteiger charge is 2.33. The van der Waals surface area contributed by atoms with Gasteiger partial charge < -0.3 is 30.3 Å². The van der Waals surface area contributed by atoms with Gasteiger partial charge in [-0.2, -0.15) is 4.39 Å². The number of imidazole rings is 1. The normalized spacial score (nSPS) is 17.4. The molecule has 2 amide bonds. The molecule has 0 radical (unpaired) electrons. The maximum Gasteiger partial charge on any atom is 0.254 e. The number of carbonyl (C=O) groups is 2. The lowest BCUT2D eigenvalue weighted by atomic mass is 9.94. The van der Waals surface area contributed by atoms with Crippen molar-refractivity contribution in [3.63, 3.8) is 0 Å². The number of aliphatic hydroxyl groups excluding tert-OH is 1. The summed E-state index contributed by atoms with van der Waals surface area (Å²) in [7, 11) is 0. The van der Waals surface area contributed by atoms with Gasteiger partial charge in [-0.1, -0.05) is 0 Å². The van der Waals surface area contributed by atoms with Crippen molar-refractivity contribution in [3.8, 4) is 17.0 Å². The number of ether oxygens (including phenoxy) is 1. The van der Waals surface area contributed by atoms with E-state index in [-0.39, 0.29) is 48.3 Å². The number of benzene rings is 2. The van der Waals surface area contributed by atoms with Crippen LogP contribution in [0.25, 0.3) is 16.9 Å². The van der Waals surface area contributed by atoms with Gasteiger partial charge in [-0.25, -0.2) is 14.4 Å². The lowest BCUT2D eigenvalue weighted by Gasteiger charge is -2.38. The van der Waals surface area contributed by atoms with Crippen LogP contribution in [0.3, 0.4) is 0 Å². The van der Waals surface area contributed by atoms with Crippen molar-refractivity contribution in [2.24, 2.45) is 5.92 Å². The second-order valence-corrected chi connectivity index (χ2v) is 11.6. The van der Waals surface area contributed by atoms with Crippen molar-refractivity contribution in [3.05, 3.63) is 71.7 Å². The van der Waals surface area contributed by atoms with Crippen LogP contribution in [-0.2, 0) is 4.79 Å². The predicted molar refractivity (Wildman–Crippen MR) is 168 cm³/mol. The molecule has 3 N–H and O–H groups in total. The SMILES string of the molecule is CCOc1ccc(-c2cnc3c(Nc4ccc(C(=O)N5CCC(C(=O)N6CCNC(CO)C6)CC5)c(C)c4)nccn23)c(F)c1F. The quantitative estimate of drug-likeness (QED) is 0.268. The summed E-state index contributed by atoms with van der Waals surface area (Å²) < 4.78 is 36.4. The Hall–Kier alpha value is -4.62. The van der Waals surface area contributed by atoms with Crippen LogP contribution in [-0.4, -0.2) is 93.1 Å². The van der Waals surface area contributed by atoms with Crippen molar-refractivity contribution in [2.75, 3.05) is 51.3 Å². The molecule has 0 aliphatic carbocycles. The molecule has 4 aromatic rings. The topological polar surface area (TPSA) is 124 Å². The van der Waals surface area contributed by atoms with Crippen LogP contribution in [0.2, 0.25) is 0 Å². The second-order valence-electron chi connectivity index (χ2n) is 11.6. The number of hydrogen-bond donors (Lipinski definition) is 3. The molecule has 0 bridgehead atoms. The van der Waals surface area contributed by atoms with E-state index in [1.54, 1.807) is 34.6 Å². The number of piperazine rings is 1. The van der Waals surface area contributed by atoms with E-state index in [1.807, 2.05) is 17.9 Å². The van der Waals surface area contributed by atoms with Crippen LogP contribution in [0.1, 0.15) is 35.7 Å². The van der Waals surface area contributed by atoms with Gasteiger partial charge in [0, 0.05) is 73.9 Å². The number of nitrogens with zero attached hydrogens (tertiary/aromatic N) is 5. The third-order valence-corrected chi connectivity index (χ3v) is 8.69. The summed E-state index contributed by atoms with van der Waals surface area (Å²) in [5.41, 5.74) is 2.83.